The van der Waals surface area contributed by atoms with E-state index in [-0.39, 0.29) is 17.7 Å². The molecule has 2 fully saturated rings. The standard InChI is InChI=1S/C23H34N4O5/c1-14-5-7-15(8-6-14)19(27-22(30)32-23(2,3)4)21(29)26-18-13-16(9-11-24-18)31-17-10-12-25-20(17)28/h9,11,13-15,17,19H,5-8,10,12H2,1-4H3,(H,25,28)(H,27,30)(H,24,26,29)/t14?,15?,17?,19-/m0/s1. The van der Waals surface area contributed by atoms with Crippen molar-refractivity contribution < 1.29 is 23.9 Å². The van der Waals surface area contributed by atoms with E-state index in [1.54, 1.807) is 32.9 Å². The number of pyridine rings is 1. The van der Waals surface area contributed by atoms with E-state index < -0.39 is 23.8 Å². The van der Waals surface area contributed by atoms with Crippen LogP contribution in [-0.2, 0) is 14.3 Å². The topological polar surface area (TPSA) is 119 Å². The number of aromatic nitrogens is 1. The van der Waals surface area contributed by atoms with Gasteiger partial charge in [0.2, 0.25) is 5.91 Å². The number of rotatable bonds is 6. The van der Waals surface area contributed by atoms with E-state index in [1.165, 1.54) is 6.20 Å². The molecule has 1 aliphatic heterocycles. The van der Waals surface area contributed by atoms with Gasteiger partial charge < -0.3 is 25.4 Å². The second kappa shape index (κ2) is 10.2. The normalized spacial score (nSPS) is 24.2. The number of amides is 3. The van der Waals surface area contributed by atoms with E-state index in [2.05, 4.69) is 27.9 Å². The van der Waals surface area contributed by atoms with Gasteiger partial charge in [-0.05, 0) is 51.5 Å². The molecular formula is C23H34N4O5. The molecule has 1 aromatic heterocycles. The summed E-state index contributed by atoms with van der Waals surface area (Å²) in [6, 6.07) is 2.49. The smallest absolute Gasteiger partial charge is 0.408 e. The number of carbonyl (C=O) groups excluding carboxylic acids is 3. The average Bonchev–Trinajstić information content (AvgIpc) is 3.10. The zero-order valence-electron chi connectivity index (χ0n) is 19.3. The molecule has 2 aliphatic rings. The van der Waals surface area contributed by atoms with Gasteiger partial charge in [0.15, 0.2) is 6.10 Å². The van der Waals surface area contributed by atoms with Gasteiger partial charge in [0, 0.05) is 25.2 Å². The number of nitrogens with zero attached hydrogens (tertiary/aromatic N) is 1. The third kappa shape index (κ3) is 6.83. The molecule has 1 aromatic rings. The Morgan fingerprint density at radius 1 is 1.19 bits per heavy atom. The highest BCUT2D eigenvalue weighted by Crippen LogP contribution is 2.31. The average molecular weight is 447 g/mol. The van der Waals surface area contributed by atoms with Gasteiger partial charge in [-0.2, -0.15) is 0 Å². The molecule has 9 nitrogen and oxygen atoms in total. The predicted octanol–water partition coefficient (Wildman–Crippen LogP) is 3.01. The molecule has 1 saturated carbocycles. The summed E-state index contributed by atoms with van der Waals surface area (Å²) in [6.45, 7) is 8.13. The lowest BCUT2D eigenvalue weighted by Gasteiger charge is -2.32. The molecular weight excluding hydrogens is 412 g/mol. The van der Waals surface area contributed by atoms with E-state index in [9.17, 15) is 14.4 Å². The lowest BCUT2D eigenvalue weighted by Crippen LogP contribution is -2.50. The molecule has 0 aromatic carbocycles. The third-order valence-corrected chi connectivity index (χ3v) is 5.75. The zero-order chi connectivity index (χ0) is 23.3. The maximum absolute atomic E-state index is 13.2. The first kappa shape index (κ1) is 23.8. The molecule has 1 unspecified atom stereocenters. The van der Waals surface area contributed by atoms with E-state index in [1.807, 2.05) is 0 Å². The highest BCUT2D eigenvalue weighted by Gasteiger charge is 2.34. The van der Waals surface area contributed by atoms with Crippen LogP contribution in [0.15, 0.2) is 18.3 Å². The fraction of sp³-hybridized carbons (Fsp3) is 0.652. The summed E-state index contributed by atoms with van der Waals surface area (Å²) in [4.78, 5) is 41.6. The molecule has 176 valence electrons. The number of hydrogen-bond acceptors (Lipinski definition) is 6. The maximum Gasteiger partial charge on any atom is 0.408 e. The molecule has 3 N–H and O–H groups in total. The fourth-order valence-electron chi connectivity index (χ4n) is 4.06. The Morgan fingerprint density at radius 2 is 1.91 bits per heavy atom. The van der Waals surface area contributed by atoms with Gasteiger partial charge in [-0.15, -0.1) is 0 Å². The Balaban J connectivity index is 1.69. The molecule has 1 saturated heterocycles. The minimum Gasteiger partial charge on any atom is -0.480 e. The van der Waals surface area contributed by atoms with Crippen molar-refractivity contribution in [2.24, 2.45) is 11.8 Å². The van der Waals surface area contributed by atoms with E-state index in [4.69, 9.17) is 9.47 Å². The van der Waals surface area contributed by atoms with Crippen LogP contribution >= 0.6 is 0 Å². The van der Waals surface area contributed by atoms with E-state index in [0.29, 0.717) is 30.5 Å². The second-order valence-electron chi connectivity index (χ2n) is 9.70. The number of alkyl carbamates (subject to hydrolysis) is 1. The molecule has 32 heavy (non-hydrogen) atoms. The van der Waals surface area contributed by atoms with Crippen molar-refractivity contribution in [1.29, 1.82) is 0 Å². The van der Waals surface area contributed by atoms with Gasteiger partial charge in [-0.1, -0.05) is 19.8 Å². The molecule has 0 radical (unpaired) electrons. The highest BCUT2D eigenvalue weighted by molar-refractivity contribution is 5.96. The summed E-state index contributed by atoms with van der Waals surface area (Å²) >= 11 is 0. The van der Waals surface area contributed by atoms with Crippen LogP contribution in [0.3, 0.4) is 0 Å². The van der Waals surface area contributed by atoms with E-state index in [0.717, 1.165) is 25.7 Å². The Hall–Kier alpha value is -2.84. The summed E-state index contributed by atoms with van der Waals surface area (Å²) in [5.41, 5.74) is -0.661. The molecule has 3 amide bonds. The lowest BCUT2D eigenvalue weighted by molar-refractivity contribution is -0.125. The second-order valence-corrected chi connectivity index (χ2v) is 9.70. The van der Waals surface area contributed by atoms with Crippen LogP contribution in [0.4, 0.5) is 10.6 Å². The summed E-state index contributed by atoms with van der Waals surface area (Å²) in [5.74, 6) is 0.867. The van der Waals surface area contributed by atoms with Crippen LogP contribution < -0.4 is 20.7 Å². The molecule has 1 aliphatic carbocycles. The van der Waals surface area contributed by atoms with Crippen LogP contribution in [0.1, 0.15) is 59.8 Å². The van der Waals surface area contributed by atoms with Crippen molar-refractivity contribution in [2.75, 3.05) is 11.9 Å². The Labute approximate surface area is 189 Å². The third-order valence-electron chi connectivity index (χ3n) is 5.75. The van der Waals surface area contributed by atoms with Crippen molar-refractivity contribution in [3.8, 4) is 5.75 Å². The minimum absolute atomic E-state index is 0.0142. The lowest BCUT2D eigenvalue weighted by atomic mass is 9.79. The zero-order valence-corrected chi connectivity index (χ0v) is 19.3. The first-order valence-corrected chi connectivity index (χ1v) is 11.3. The van der Waals surface area contributed by atoms with Gasteiger partial charge in [-0.25, -0.2) is 9.78 Å². The minimum atomic E-state index is -0.732. The molecule has 0 spiro atoms. The molecule has 2 heterocycles. The van der Waals surface area contributed by atoms with Crippen LogP contribution in [0, 0.1) is 11.8 Å². The van der Waals surface area contributed by atoms with Crippen LogP contribution in [0.5, 0.6) is 5.75 Å². The maximum atomic E-state index is 13.2. The molecule has 0 bridgehead atoms. The monoisotopic (exact) mass is 446 g/mol. The van der Waals surface area contributed by atoms with Gasteiger partial charge in [0.05, 0.1) is 0 Å². The van der Waals surface area contributed by atoms with Gasteiger partial charge in [-0.3, -0.25) is 9.59 Å². The largest absolute Gasteiger partial charge is 0.480 e. The van der Waals surface area contributed by atoms with Gasteiger partial charge in [0.1, 0.15) is 23.2 Å². The number of anilines is 1. The first-order valence-electron chi connectivity index (χ1n) is 11.3. The SMILES string of the molecule is CC1CCC([C@H](NC(=O)OC(C)(C)C)C(=O)Nc2cc(OC3CCNC3=O)ccn2)CC1. The number of ether oxygens (including phenoxy) is 2. The van der Waals surface area contributed by atoms with Crippen molar-refractivity contribution >= 4 is 23.7 Å². The number of nitrogens with one attached hydrogen (secondary N) is 3. The first-order chi connectivity index (χ1) is 15.1. The Morgan fingerprint density at radius 3 is 2.53 bits per heavy atom. The quantitative estimate of drug-likeness (QED) is 0.618. The number of carbonyl (C=O) groups is 3. The summed E-state index contributed by atoms with van der Waals surface area (Å²) in [6.07, 6.45) is 4.65. The summed E-state index contributed by atoms with van der Waals surface area (Å²) < 4.78 is 11.1. The van der Waals surface area contributed by atoms with Crippen LogP contribution in [0.2, 0.25) is 0 Å². The fourth-order valence-corrected chi connectivity index (χ4v) is 4.06. The summed E-state index contributed by atoms with van der Waals surface area (Å²) in [7, 11) is 0. The Kier molecular flexibility index (Phi) is 7.58. The van der Waals surface area contributed by atoms with Crippen molar-refractivity contribution in [3.05, 3.63) is 18.3 Å². The van der Waals surface area contributed by atoms with Crippen molar-refractivity contribution in [1.82, 2.24) is 15.6 Å². The van der Waals surface area contributed by atoms with Crippen LogP contribution in [0.25, 0.3) is 0 Å². The summed E-state index contributed by atoms with van der Waals surface area (Å²) in [5, 5.41) is 8.29. The molecule has 9 heteroatoms. The highest BCUT2D eigenvalue weighted by atomic mass is 16.6. The van der Waals surface area contributed by atoms with E-state index >= 15 is 0 Å². The van der Waals surface area contributed by atoms with Crippen molar-refractivity contribution in [3.63, 3.8) is 0 Å². The predicted molar refractivity (Wildman–Crippen MR) is 119 cm³/mol. The number of hydrogen-bond donors (Lipinski definition) is 3. The Bertz CT molecular complexity index is 830. The van der Waals surface area contributed by atoms with Gasteiger partial charge >= 0.3 is 6.09 Å². The van der Waals surface area contributed by atoms with Crippen LogP contribution in [-0.4, -0.2) is 47.2 Å². The molecule has 2 atom stereocenters. The van der Waals surface area contributed by atoms with Crippen molar-refractivity contribution in [2.45, 2.75) is 77.5 Å². The molecule has 3 rings (SSSR count). The van der Waals surface area contributed by atoms with Gasteiger partial charge in [0.25, 0.3) is 5.91 Å².